The summed E-state index contributed by atoms with van der Waals surface area (Å²) in [6.45, 7) is 1.73. The molecule has 1 N–H and O–H groups in total. The van der Waals surface area contributed by atoms with Crippen molar-refractivity contribution >= 4 is 29.4 Å². The van der Waals surface area contributed by atoms with Gasteiger partial charge in [-0.2, -0.15) is 0 Å². The second-order valence-corrected chi connectivity index (χ2v) is 6.03. The van der Waals surface area contributed by atoms with Crippen LogP contribution in [0.25, 0.3) is 0 Å². The topological polar surface area (TPSA) is 61.9 Å². The Morgan fingerprint density at radius 3 is 2.28 bits per heavy atom. The third kappa shape index (κ3) is 4.64. The molecule has 1 aliphatic rings. The lowest BCUT2D eigenvalue weighted by atomic mass is 10.3. The van der Waals surface area contributed by atoms with Gasteiger partial charge in [0.2, 0.25) is 0 Å². The number of rotatable bonds is 2. The van der Waals surface area contributed by atoms with Gasteiger partial charge in [-0.05, 0) is 30.3 Å². The molecule has 3 amide bonds. The summed E-state index contributed by atoms with van der Waals surface area (Å²) in [5.41, 5.74) is 0.642. The monoisotopic (exact) mass is 359 g/mol. The van der Waals surface area contributed by atoms with Crippen molar-refractivity contribution in [1.29, 1.82) is 0 Å². The number of hydrogen-bond donors (Lipinski definition) is 1. The Bertz CT molecular complexity index is 746. The summed E-state index contributed by atoms with van der Waals surface area (Å²) in [6.07, 6.45) is -0.402. The molecule has 0 saturated carbocycles. The van der Waals surface area contributed by atoms with Crippen molar-refractivity contribution in [1.82, 2.24) is 9.80 Å². The fraction of sp³-hybridized carbons (Fsp3) is 0.222. The van der Waals surface area contributed by atoms with Gasteiger partial charge in [0.15, 0.2) is 0 Å². The highest BCUT2D eigenvalue weighted by molar-refractivity contribution is 6.30. The van der Waals surface area contributed by atoms with Crippen molar-refractivity contribution in [2.45, 2.75) is 0 Å². The van der Waals surface area contributed by atoms with Crippen LogP contribution in [0.3, 0.4) is 0 Å². The van der Waals surface area contributed by atoms with E-state index in [0.717, 1.165) is 0 Å². The number of amides is 3. The van der Waals surface area contributed by atoms with Crippen molar-refractivity contribution in [2.75, 3.05) is 31.5 Å². The SMILES string of the molecule is O=C(Nc1cccc(Cl)c1)N1CCN(C(=O)Oc2ccccc2)CC1. The van der Waals surface area contributed by atoms with E-state index in [1.807, 2.05) is 6.07 Å². The van der Waals surface area contributed by atoms with Crippen LogP contribution in [0.5, 0.6) is 5.75 Å². The second-order valence-electron chi connectivity index (χ2n) is 5.60. The van der Waals surface area contributed by atoms with E-state index in [-0.39, 0.29) is 6.03 Å². The van der Waals surface area contributed by atoms with Gasteiger partial charge in [-0.1, -0.05) is 35.9 Å². The van der Waals surface area contributed by atoms with Crippen molar-refractivity contribution in [2.24, 2.45) is 0 Å². The summed E-state index contributed by atoms with van der Waals surface area (Å²) in [6, 6.07) is 15.7. The molecule has 7 heteroatoms. The molecule has 2 aromatic carbocycles. The zero-order chi connectivity index (χ0) is 17.6. The maximum absolute atomic E-state index is 12.3. The van der Waals surface area contributed by atoms with Crippen LogP contribution in [0.2, 0.25) is 5.02 Å². The van der Waals surface area contributed by atoms with Gasteiger partial charge in [-0.25, -0.2) is 9.59 Å². The number of nitrogens with one attached hydrogen (secondary N) is 1. The van der Waals surface area contributed by atoms with Crippen LogP contribution in [-0.4, -0.2) is 48.1 Å². The summed E-state index contributed by atoms with van der Waals surface area (Å²) in [7, 11) is 0. The van der Waals surface area contributed by atoms with Gasteiger partial charge in [-0.15, -0.1) is 0 Å². The first kappa shape index (κ1) is 17.1. The third-order valence-corrected chi connectivity index (χ3v) is 4.08. The van der Waals surface area contributed by atoms with Crippen molar-refractivity contribution in [3.05, 3.63) is 59.6 Å². The van der Waals surface area contributed by atoms with E-state index in [1.54, 1.807) is 58.3 Å². The number of carbonyl (C=O) groups excluding carboxylic acids is 2. The highest BCUT2D eigenvalue weighted by atomic mass is 35.5. The van der Waals surface area contributed by atoms with Crippen LogP contribution in [0.4, 0.5) is 15.3 Å². The first-order chi connectivity index (χ1) is 12.1. The van der Waals surface area contributed by atoms with Crippen LogP contribution in [0.1, 0.15) is 0 Å². The summed E-state index contributed by atoms with van der Waals surface area (Å²) >= 11 is 5.91. The summed E-state index contributed by atoms with van der Waals surface area (Å²) in [4.78, 5) is 27.7. The van der Waals surface area contributed by atoms with E-state index in [4.69, 9.17) is 16.3 Å². The van der Waals surface area contributed by atoms with Gasteiger partial charge in [0.05, 0.1) is 0 Å². The first-order valence-corrected chi connectivity index (χ1v) is 8.33. The third-order valence-electron chi connectivity index (χ3n) is 3.85. The molecule has 0 aliphatic carbocycles. The van der Waals surface area contributed by atoms with E-state index < -0.39 is 6.09 Å². The average molecular weight is 360 g/mol. The Labute approximate surface area is 150 Å². The number of carbonyl (C=O) groups is 2. The van der Waals surface area contributed by atoms with E-state index in [2.05, 4.69) is 5.32 Å². The summed E-state index contributed by atoms with van der Waals surface area (Å²) in [5, 5.41) is 3.37. The maximum atomic E-state index is 12.3. The van der Waals surface area contributed by atoms with Gasteiger partial charge in [-0.3, -0.25) is 0 Å². The van der Waals surface area contributed by atoms with E-state index in [0.29, 0.717) is 42.6 Å². The fourth-order valence-electron chi connectivity index (χ4n) is 2.51. The molecule has 6 nitrogen and oxygen atoms in total. The van der Waals surface area contributed by atoms with Gasteiger partial charge < -0.3 is 19.9 Å². The van der Waals surface area contributed by atoms with Crippen LogP contribution >= 0.6 is 11.6 Å². The van der Waals surface area contributed by atoms with E-state index in [9.17, 15) is 9.59 Å². The molecule has 130 valence electrons. The Morgan fingerprint density at radius 1 is 0.920 bits per heavy atom. The van der Waals surface area contributed by atoms with Gasteiger partial charge in [0.25, 0.3) is 0 Å². The molecule has 0 unspecified atom stereocenters. The standard InChI is InChI=1S/C18H18ClN3O3/c19-14-5-4-6-15(13-14)20-17(23)21-9-11-22(12-10-21)18(24)25-16-7-2-1-3-8-16/h1-8,13H,9-12H2,(H,20,23). The zero-order valence-corrected chi connectivity index (χ0v) is 14.3. The lowest BCUT2D eigenvalue weighted by Gasteiger charge is -2.34. The van der Waals surface area contributed by atoms with E-state index >= 15 is 0 Å². The first-order valence-electron chi connectivity index (χ1n) is 7.95. The van der Waals surface area contributed by atoms with Gasteiger partial charge in [0.1, 0.15) is 5.75 Å². The smallest absolute Gasteiger partial charge is 0.410 e. The maximum Gasteiger partial charge on any atom is 0.415 e. The minimum absolute atomic E-state index is 0.210. The number of para-hydroxylation sites is 1. The minimum Gasteiger partial charge on any atom is -0.410 e. The molecule has 1 aliphatic heterocycles. The molecular formula is C18H18ClN3O3. The number of anilines is 1. The highest BCUT2D eigenvalue weighted by Gasteiger charge is 2.25. The van der Waals surface area contributed by atoms with Gasteiger partial charge in [0, 0.05) is 36.9 Å². The molecule has 0 spiro atoms. The molecule has 3 rings (SSSR count). The molecule has 1 fully saturated rings. The number of halogens is 1. The molecule has 0 bridgehead atoms. The number of urea groups is 1. The summed E-state index contributed by atoms with van der Waals surface area (Å²) in [5.74, 6) is 0.508. The number of ether oxygens (including phenoxy) is 1. The predicted octanol–water partition coefficient (Wildman–Crippen LogP) is 3.69. The quantitative estimate of drug-likeness (QED) is 0.889. The minimum atomic E-state index is -0.402. The largest absolute Gasteiger partial charge is 0.415 e. The average Bonchev–Trinajstić information content (AvgIpc) is 2.62. The lowest BCUT2D eigenvalue weighted by molar-refractivity contribution is 0.120. The van der Waals surface area contributed by atoms with Crippen molar-refractivity contribution < 1.29 is 14.3 Å². The van der Waals surface area contributed by atoms with E-state index in [1.165, 1.54) is 0 Å². The van der Waals surface area contributed by atoms with Crippen LogP contribution in [0.15, 0.2) is 54.6 Å². The molecular weight excluding hydrogens is 342 g/mol. The van der Waals surface area contributed by atoms with Crippen LogP contribution in [0, 0.1) is 0 Å². The number of hydrogen-bond acceptors (Lipinski definition) is 3. The Kier molecular flexibility index (Phi) is 5.40. The van der Waals surface area contributed by atoms with Crippen molar-refractivity contribution in [3.8, 4) is 5.75 Å². The molecule has 1 heterocycles. The number of benzene rings is 2. The molecule has 0 radical (unpaired) electrons. The Balaban J connectivity index is 1.49. The normalized spacial score (nSPS) is 14.1. The second kappa shape index (κ2) is 7.90. The highest BCUT2D eigenvalue weighted by Crippen LogP contribution is 2.16. The van der Waals surface area contributed by atoms with Crippen LogP contribution in [-0.2, 0) is 0 Å². The molecule has 1 saturated heterocycles. The lowest BCUT2D eigenvalue weighted by Crippen LogP contribution is -2.52. The molecule has 0 atom stereocenters. The molecule has 25 heavy (non-hydrogen) atoms. The molecule has 2 aromatic rings. The van der Waals surface area contributed by atoms with Crippen LogP contribution < -0.4 is 10.1 Å². The number of nitrogens with zero attached hydrogens (tertiary/aromatic N) is 2. The summed E-state index contributed by atoms with van der Waals surface area (Å²) < 4.78 is 5.31. The molecule has 0 aromatic heterocycles. The number of piperazine rings is 1. The Hall–Kier alpha value is -2.73. The van der Waals surface area contributed by atoms with Gasteiger partial charge >= 0.3 is 12.1 Å². The zero-order valence-electron chi connectivity index (χ0n) is 13.5. The fourth-order valence-corrected chi connectivity index (χ4v) is 2.71. The van der Waals surface area contributed by atoms with Crippen molar-refractivity contribution in [3.63, 3.8) is 0 Å². The Morgan fingerprint density at radius 2 is 1.60 bits per heavy atom. The predicted molar refractivity (Wildman–Crippen MR) is 96.1 cm³/mol.